The van der Waals surface area contributed by atoms with Crippen molar-refractivity contribution in [3.8, 4) is 0 Å². The number of nitrogens with two attached hydrogens (primary N) is 2. The van der Waals surface area contributed by atoms with Crippen molar-refractivity contribution in [2.45, 2.75) is 30.6 Å². The summed E-state index contributed by atoms with van der Waals surface area (Å²) in [6, 6.07) is -5.25. The van der Waals surface area contributed by atoms with E-state index in [1.54, 1.807) is 0 Å². The maximum absolute atomic E-state index is 12.2. The van der Waals surface area contributed by atoms with Crippen LogP contribution in [0.2, 0.25) is 0 Å². The molecule has 14 heteroatoms. The standard InChI is InChI=1S/C13H23N5O7S2/c14-5(1-9(15)20)10(21)17-7(3-26)12(23)18-8(4-27)11(22)16-6(2-19)13(24)25/h5-8,19,26-27H,1-4,14H2,(H2,15,20)(H,16,22)(H,17,21)(H,18,23)(H,24,25). The van der Waals surface area contributed by atoms with Crippen molar-refractivity contribution in [2.75, 3.05) is 18.1 Å². The predicted molar refractivity (Wildman–Crippen MR) is 100 cm³/mol. The Balaban J connectivity index is 4.91. The maximum atomic E-state index is 12.2. The molecule has 0 spiro atoms. The highest BCUT2D eigenvalue weighted by molar-refractivity contribution is 7.80. The molecule has 0 aromatic heterocycles. The number of hydrogen-bond donors (Lipinski definition) is 9. The van der Waals surface area contributed by atoms with Gasteiger partial charge in [-0.05, 0) is 0 Å². The van der Waals surface area contributed by atoms with Crippen LogP contribution in [0.4, 0.5) is 0 Å². The Morgan fingerprint density at radius 3 is 1.59 bits per heavy atom. The summed E-state index contributed by atoms with van der Waals surface area (Å²) < 4.78 is 0. The van der Waals surface area contributed by atoms with Crippen molar-refractivity contribution < 1.29 is 34.2 Å². The number of aliphatic hydroxyl groups is 1. The normalized spacial score (nSPS) is 15.0. The SMILES string of the molecule is NC(=O)CC(N)C(=O)NC(CS)C(=O)NC(CS)C(=O)NC(CO)C(=O)O. The minimum atomic E-state index is -1.55. The Kier molecular flexibility index (Phi) is 11.4. The first-order valence-electron chi connectivity index (χ1n) is 7.57. The van der Waals surface area contributed by atoms with E-state index in [0.29, 0.717) is 0 Å². The summed E-state index contributed by atoms with van der Waals surface area (Å²) in [6.07, 6.45) is -0.424. The van der Waals surface area contributed by atoms with Gasteiger partial charge in [0.1, 0.15) is 18.1 Å². The monoisotopic (exact) mass is 425 g/mol. The fourth-order valence-electron chi connectivity index (χ4n) is 1.71. The van der Waals surface area contributed by atoms with Gasteiger partial charge in [-0.15, -0.1) is 0 Å². The van der Waals surface area contributed by atoms with E-state index in [0.717, 1.165) is 0 Å². The van der Waals surface area contributed by atoms with Crippen LogP contribution >= 0.6 is 25.3 Å². The van der Waals surface area contributed by atoms with Crippen molar-refractivity contribution >= 4 is 54.9 Å². The van der Waals surface area contributed by atoms with E-state index >= 15 is 0 Å². The number of carbonyl (C=O) groups excluding carboxylic acids is 4. The molecule has 0 radical (unpaired) electrons. The van der Waals surface area contributed by atoms with Crippen molar-refractivity contribution in [3.05, 3.63) is 0 Å². The lowest BCUT2D eigenvalue weighted by Crippen LogP contribution is -2.58. The molecule has 0 aromatic rings. The number of nitrogens with one attached hydrogen (secondary N) is 3. The first-order chi connectivity index (χ1) is 12.6. The van der Waals surface area contributed by atoms with Gasteiger partial charge in [-0.3, -0.25) is 19.2 Å². The fourth-order valence-corrected chi connectivity index (χ4v) is 2.22. The van der Waals surface area contributed by atoms with Crippen molar-refractivity contribution in [1.29, 1.82) is 0 Å². The molecule has 0 aliphatic heterocycles. The summed E-state index contributed by atoms with van der Waals surface area (Å²) in [5, 5.41) is 24.3. The Hall–Kier alpha value is -2.03. The van der Waals surface area contributed by atoms with Gasteiger partial charge in [0.25, 0.3) is 0 Å². The van der Waals surface area contributed by atoms with Gasteiger partial charge < -0.3 is 37.6 Å². The number of carboxylic acids is 1. The van der Waals surface area contributed by atoms with Gasteiger partial charge in [0.2, 0.25) is 23.6 Å². The molecule has 4 atom stereocenters. The zero-order chi connectivity index (χ0) is 21.1. The summed E-state index contributed by atoms with van der Waals surface area (Å²) in [6.45, 7) is -0.846. The fraction of sp³-hybridized carbons (Fsp3) is 0.615. The molecule has 4 amide bonds. The molecule has 0 aromatic carbocycles. The molecule has 0 bridgehead atoms. The molecule has 0 saturated heterocycles. The van der Waals surface area contributed by atoms with E-state index < -0.39 is 66.8 Å². The maximum Gasteiger partial charge on any atom is 0.328 e. The molecule has 0 rings (SSSR count). The van der Waals surface area contributed by atoms with Crippen LogP contribution < -0.4 is 27.4 Å². The van der Waals surface area contributed by atoms with Crippen LogP contribution in [-0.4, -0.2) is 82.1 Å². The lowest BCUT2D eigenvalue weighted by atomic mass is 10.1. The summed E-state index contributed by atoms with van der Waals surface area (Å²) in [4.78, 5) is 57.7. The number of carboxylic acid groups (broad SMARTS) is 1. The largest absolute Gasteiger partial charge is 0.480 e. The number of hydrogen-bond acceptors (Lipinski definition) is 9. The quantitative estimate of drug-likeness (QED) is 0.139. The summed E-state index contributed by atoms with van der Waals surface area (Å²) in [5.41, 5.74) is 10.4. The zero-order valence-electron chi connectivity index (χ0n) is 14.1. The number of primary amides is 1. The van der Waals surface area contributed by atoms with Gasteiger partial charge in [0, 0.05) is 11.5 Å². The van der Waals surface area contributed by atoms with Gasteiger partial charge >= 0.3 is 5.97 Å². The molecule has 12 nitrogen and oxygen atoms in total. The molecular formula is C13H23N5O7S2. The first-order valence-corrected chi connectivity index (χ1v) is 8.84. The van der Waals surface area contributed by atoms with Crippen molar-refractivity contribution in [2.24, 2.45) is 11.5 Å². The van der Waals surface area contributed by atoms with Crippen LogP contribution in [0.3, 0.4) is 0 Å². The first kappa shape index (κ1) is 25.0. The van der Waals surface area contributed by atoms with Crippen molar-refractivity contribution in [3.63, 3.8) is 0 Å². The summed E-state index contributed by atoms with van der Waals surface area (Å²) >= 11 is 7.84. The second-order valence-electron chi connectivity index (χ2n) is 5.35. The molecule has 154 valence electrons. The van der Waals surface area contributed by atoms with Gasteiger partial charge in [-0.2, -0.15) is 25.3 Å². The number of aliphatic carboxylic acids is 1. The van der Waals surface area contributed by atoms with E-state index in [2.05, 4.69) is 35.9 Å². The van der Waals surface area contributed by atoms with Gasteiger partial charge in [-0.1, -0.05) is 0 Å². The molecule has 0 aliphatic rings. The summed E-state index contributed by atoms with van der Waals surface area (Å²) in [5.74, 6) is -5.13. The number of carbonyl (C=O) groups is 5. The number of aliphatic hydroxyl groups excluding tert-OH is 1. The van der Waals surface area contributed by atoms with E-state index in [1.807, 2.05) is 5.32 Å². The van der Waals surface area contributed by atoms with E-state index in [1.165, 1.54) is 0 Å². The molecule has 0 saturated carbocycles. The summed E-state index contributed by atoms with van der Waals surface area (Å²) in [7, 11) is 0. The number of rotatable bonds is 12. The molecular weight excluding hydrogens is 402 g/mol. The molecule has 27 heavy (non-hydrogen) atoms. The Labute approximate surface area is 165 Å². The highest BCUT2D eigenvalue weighted by Gasteiger charge is 2.29. The minimum Gasteiger partial charge on any atom is -0.480 e. The molecule has 0 aliphatic carbocycles. The van der Waals surface area contributed by atoms with E-state index in [4.69, 9.17) is 21.7 Å². The van der Waals surface area contributed by atoms with E-state index in [9.17, 15) is 24.0 Å². The lowest BCUT2D eigenvalue weighted by molar-refractivity contribution is -0.143. The average molecular weight is 425 g/mol. The smallest absolute Gasteiger partial charge is 0.328 e. The van der Waals surface area contributed by atoms with Crippen LogP contribution in [0.25, 0.3) is 0 Å². The molecule has 0 fully saturated rings. The zero-order valence-corrected chi connectivity index (χ0v) is 15.9. The highest BCUT2D eigenvalue weighted by atomic mass is 32.1. The Morgan fingerprint density at radius 2 is 1.26 bits per heavy atom. The third kappa shape index (κ3) is 8.94. The highest BCUT2D eigenvalue weighted by Crippen LogP contribution is 1.97. The molecule has 4 unspecified atom stereocenters. The second-order valence-corrected chi connectivity index (χ2v) is 6.08. The Bertz CT molecular complexity index is 577. The van der Waals surface area contributed by atoms with Gasteiger partial charge in [-0.25, -0.2) is 4.79 Å². The predicted octanol–water partition coefficient (Wildman–Crippen LogP) is -4.42. The van der Waals surface area contributed by atoms with Crippen LogP contribution in [0.5, 0.6) is 0 Å². The lowest BCUT2D eigenvalue weighted by Gasteiger charge is -2.23. The van der Waals surface area contributed by atoms with Crippen LogP contribution in [-0.2, 0) is 24.0 Å². The Morgan fingerprint density at radius 1 is 0.852 bits per heavy atom. The minimum absolute atomic E-state index is 0.157. The number of amides is 4. The van der Waals surface area contributed by atoms with Gasteiger partial charge in [0.05, 0.1) is 19.1 Å². The average Bonchev–Trinajstić information content (AvgIpc) is 2.60. The third-order valence-corrected chi connectivity index (χ3v) is 3.92. The number of thiol groups is 2. The second kappa shape index (κ2) is 12.4. The van der Waals surface area contributed by atoms with Crippen LogP contribution in [0.1, 0.15) is 6.42 Å². The van der Waals surface area contributed by atoms with E-state index in [-0.39, 0.29) is 11.5 Å². The van der Waals surface area contributed by atoms with Crippen LogP contribution in [0.15, 0.2) is 0 Å². The topological polar surface area (TPSA) is 214 Å². The third-order valence-electron chi connectivity index (χ3n) is 3.19. The molecule has 0 heterocycles. The van der Waals surface area contributed by atoms with Crippen molar-refractivity contribution in [1.82, 2.24) is 16.0 Å². The molecule has 9 N–H and O–H groups in total. The van der Waals surface area contributed by atoms with Gasteiger partial charge in [0.15, 0.2) is 0 Å². The van der Waals surface area contributed by atoms with Crippen LogP contribution in [0, 0.1) is 0 Å².